The monoisotopic (exact) mass is 485 g/mol. The van der Waals surface area contributed by atoms with Crippen LogP contribution in [0.1, 0.15) is 48.8 Å². The zero-order valence-electron chi connectivity index (χ0n) is 20.1. The number of piperidine rings is 1. The Morgan fingerprint density at radius 1 is 0.943 bits per heavy atom. The maximum atomic E-state index is 9.28. The predicted molar refractivity (Wildman–Crippen MR) is 143 cm³/mol. The Morgan fingerprint density at radius 3 is 2.43 bits per heavy atom. The van der Waals surface area contributed by atoms with E-state index in [0.29, 0.717) is 5.56 Å². The number of nitriles is 1. The molecule has 180 valence electrons. The third-order valence-electron chi connectivity index (χ3n) is 7.44. The molecule has 0 saturated carbocycles. The molecule has 2 aromatic heterocycles. The molecule has 0 amide bonds. The van der Waals surface area contributed by atoms with Gasteiger partial charge in [-0.05, 0) is 73.8 Å². The summed E-state index contributed by atoms with van der Waals surface area (Å²) in [5, 5.41) is 10.5. The van der Waals surface area contributed by atoms with Gasteiger partial charge >= 0.3 is 0 Å². The number of fused-ring (bicyclic) bond motifs is 3. The largest absolute Gasteiger partial charge is 0.378 e. The van der Waals surface area contributed by atoms with Crippen LogP contribution in [-0.4, -0.2) is 55.6 Å². The second-order valence-corrected chi connectivity index (χ2v) is 10.7. The zero-order valence-corrected chi connectivity index (χ0v) is 20.9. The second kappa shape index (κ2) is 9.96. The summed E-state index contributed by atoms with van der Waals surface area (Å²) in [5.41, 5.74) is 5.71. The maximum absolute atomic E-state index is 9.28. The maximum Gasteiger partial charge on any atom is 0.133 e. The van der Waals surface area contributed by atoms with E-state index in [-0.39, 0.29) is 0 Å². The number of likely N-dealkylation sites (tertiary alicyclic amines) is 1. The van der Waals surface area contributed by atoms with Crippen molar-refractivity contribution in [3.8, 4) is 16.5 Å². The Balaban J connectivity index is 1.53. The van der Waals surface area contributed by atoms with E-state index in [0.717, 1.165) is 79.0 Å². The number of nitrogens with zero attached hydrogens (tertiary/aromatic N) is 5. The van der Waals surface area contributed by atoms with E-state index in [1.807, 2.05) is 12.1 Å². The zero-order chi connectivity index (χ0) is 23.6. The quantitative estimate of drug-likeness (QED) is 0.351. The van der Waals surface area contributed by atoms with Crippen LogP contribution >= 0.6 is 11.3 Å². The highest BCUT2D eigenvalue weighted by atomic mass is 32.1. The van der Waals surface area contributed by atoms with Gasteiger partial charge in [-0.2, -0.15) is 5.26 Å². The predicted octanol–water partition coefficient (Wildman–Crippen LogP) is 5.70. The summed E-state index contributed by atoms with van der Waals surface area (Å²) in [6.07, 6.45) is 10.5. The number of ether oxygens (including phenoxy) is 1. The molecule has 1 aromatic carbocycles. The highest BCUT2D eigenvalue weighted by Crippen LogP contribution is 2.48. The second-order valence-electron chi connectivity index (χ2n) is 9.69. The fraction of sp³-hybridized carbons (Fsp3) is 0.464. The molecule has 0 radical (unpaired) electrons. The summed E-state index contributed by atoms with van der Waals surface area (Å²) in [7, 11) is 0. The molecular weight excluding hydrogens is 454 g/mol. The van der Waals surface area contributed by atoms with Gasteiger partial charge in [0.25, 0.3) is 0 Å². The van der Waals surface area contributed by atoms with Gasteiger partial charge < -0.3 is 14.5 Å². The standard InChI is InChI=1S/C28H31N5OS/c29-18-20-8-10-21(11-9-20)26-25(30-19-32-12-4-1-5-13-32)24-22-6-2-3-7-23(22)27(31-28(24)35-26)33-14-16-34-17-15-33/h8-11,19H,1-7,12-17H2. The SMILES string of the molecule is N#Cc1ccc(-c2sc3nc(N4CCOCC4)c4c(c3c2N=CN2CCCCC2)CCCC4)cc1. The fourth-order valence-corrected chi connectivity index (χ4v) is 6.73. The first kappa shape index (κ1) is 22.5. The first-order valence-corrected chi connectivity index (χ1v) is 13.7. The van der Waals surface area contributed by atoms with E-state index < -0.39 is 0 Å². The van der Waals surface area contributed by atoms with E-state index in [9.17, 15) is 5.26 Å². The fourth-order valence-electron chi connectivity index (χ4n) is 5.58. The summed E-state index contributed by atoms with van der Waals surface area (Å²) in [6, 6.07) is 10.2. The molecule has 0 spiro atoms. The summed E-state index contributed by atoms with van der Waals surface area (Å²) in [4.78, 5) is 17.5. The van der Waals surface area contributed by atoms with E-state index in [4.69, 9.17) is 14.7 Å². The molecule has 3 aliphatic rings. The van der Waals surface area contributed by atoms with Crippen molar-refractivity contribution in [2.75, 3.05) is 44.3 Å². The van der Waals surface area contributed by atoms with E-state index in [1.165, 1.54) is 48.6 Å². The van der Waals surface area contributed by atoms with E-state index in [1.54, 1.807) is 11.3 Å². The van der Waals surface area contributed by atoms with Crippen molar-refractivity contribution in [1.82, 2.24) is 9.88 Å². The normalized spacial score (nSPS) is 18.7. The van der Waals surface area contributed by atoms with Crippen LogP contribution < -0.4 is 4.90 Å². The van der Waals surface area contributed by atoms with Gasteiger partial charge in [-0.1, -0.05) is 12.1 Å². The number of hydrogen-bond donors (Lipinski definition) is 0. The van der Waals surface area contributed by atoms with Crippen LogP contribution in [0.3, 0.4) is 0 Å². The summed E-state index contributed by atoms with van der Waals surface area (Å²) >= 11 is 1.74. The number of morpholine rings is 1. The lowest BCUT2D eigenvalue weighted by Crippen LogP contribution is -2.37. The van der Waals surface area contributed by atoms with Crippen LogP contribution in [0.5, 0.6) is 0 Å². The molecule has 35 heavy (non-hydrogen) atoms. The molecule has 1 aliphatic carbocycles. The lowest BCUT2D eigenvalue weighted by Gasteiger charge is -2.31. The van der Waals surface area contributed by atoms with Gasteiger partial charge in [-0.3, -0.25) is 0 Å². The van der Waals surface area contributed by atoms with Gasteiger partial charge in [0.2, 0.25) is 0 Å². The molecular formula is C28H31N5OS. The average molecular weight is 486 g/mol. The average Bonchev–Trinajstić information content (AvgIpc) is 3.31. The Kier molecular flexibility index (Phi) is 6.41. The third-order valence-corrected chi connectivity index (χ3v) is 8.56. The molecule has 2 aliphatic heterocycles. The van der Waals surface area contributed by atoms with Crippen molar-refractivity contribution in [3.05, 3.63) is 41.0 Å². The minimum atomic E-state index is 0.679. The van der Waals surface area contributed by atoms with Gasteiger partial charge in [0.1, 0.15) is 10.6 Å². The first-order valence-electron chi connectivity index (χ1n) is 12.9. The molecule has 2 saturated heterocycles. The van der Waals surface area contributed by atoms with Crippen molar-refractivity contribution in [2.45, 2.75) is 44.9 Å². The smallest absolute Gasteiger partial charge is 0.133 e. The number of hydrogen-bond acceptors (Lipinski definition) is 6. The topological polar surface area (TPSA) is 64.8 Å². The van der Waals surface area contributed by atoms with Crippen LogP contribution in [0.2, 0.25) is 0 Å². The molecule has 4 heterocycles. The summed E-state index contributed by atoms with van der Waals surface area (Å²) in [6.45, 7) is 5.49. The summed E-state index contributed by atoms with van der Waals surface area (Å²) < 4.78 is 5.63. The molecule has 7 heteroatoms. The van der Waals surface area contributed by atoms with Crippen LogP contribution in [0.25, 0.3) is 20.7 Å². The molecule has 0 atom stereocenters. The number of anilines is 1. The lowest BCUT2D eigenvalue weighted by atomic mass is 9.89. The number of aliphatic imine (C=N–C) groups is 1. The number of rotatable bonds is 4. The minimum Gasteiger partial charge on any atom is -0.378 e. The number of benzene rings is 1. The lowest BCUT2D eigenvalue weighted by molar-refractivity contribution is 0.122. The van der Waals surface area contributed by atoms with Gasteiger partial charge in [0.15, 0.2) is 0 Å². The van der Waals surface area contributed by atoms with Crippen molar-refractivity contribution < 1.29 is 4.74 Å². The van der Waals surface area contributed by atoms with E-state index in [2.05, 4.69) is 34.3 Å². The van der Waals surface area contributed by atoms with Gasteiger partial charge in [-0.25, -0.2) is 9.98 Å². The van der Waals surface area contributed by atoms with Crippen molar-refractivity contribution in [2.24, 2.45) is 4.99 Å². The number of aromatic nitrogens is 1. The van der Waals surface area contributed by atoms with Crippen LogP contribution in [0.4, 0.5) is 11.5 Å². The molecule has 6 rings (SSSR count). The van der Waals surface area contributed by atoms with Gasteiger partial charge in [0, 0.05) is 31.6 Å². The van der Waals surface area contributed by atoms with Crippen molar-refractivity contribution >= 4 is 39.4 Å². The molecule has 0 unspecified atom stereocenters. The van der Waals surface area contributed by atoms with Crippen molar-refractivity contribution in [3.63, 3.8) is 0 Å². The van der Waals surface area contributed by atoms with Crippen LogP contribution in [-0.2, 0) is 17.6 Å². The number of pyridine rings is 1. The highest BCUT2D eigenvalue weighted by molar-refractivity contribution is 7.22. The molecule has 3 aromatic rings. The molecule has 0 bridgehead atoms. The Labute approximate surface area is 210 Å². The number of aryl methyl sites for hydroxylation is 1. The summed E-state index contributed by atoms with van der Waals surface area (Å²) in [5.74, 6) is 1.16. The van der Waals surface area contributed by atoms with Crippen molar-refractivity contribution in [1.29, 1.82) is 5.26 Å². The molecule has 0 N–H and O–H groups in total. The molecule has 2 fully saturated rings. The Bertz CT molecular complexity index is 1280. The third kappa shape index (κ3) is 4.41. The first-order chi connectivity index (χ1) is 17.3. The van der Waals surface area contributed by atoms with Gasteiger partial charge in [-0.15, -0.1) is 11.3 Å². The highest BCUT2D eigenvalue weighted by Gasteiger charge is 2.27. The van der Waals surface area contributed by atoms with E-state index >= 15 is 0 Å². The Morgan fingerprint density at radius 2 is 1.69 bits per heavy atom. The van der Waals surface area contributed by atoms with Crippen LogP contribution in [0, 0.1) is 11.3 Å². The van der Waals surface area contributed by atoms with Gasteiger partial charge in [0.05, 0.1) is 41.7 Å². The Hall–Kier alpha value is -2.95. The molecule has 6 nitrogen and oxygen atoms in total. The minimum absolute atomic E-state index is 0.679. The van der Waals surface area contributed by atoms with Crippen LogP contribution in [0.15, 0.2) is 29.3 Å². The number of thiophene rings is 1.